The number of ether oxygens (including phenoxy) is 1. The molecule has 39 heavy (non-hydrogen) atoms. The number of hydrogen-bond donors (Lipinski definition) is 0. The molecular weight excluding hydrogens is 493 g/mol. The summed E-state index contributed by atoms with van der Waals surface area (Å²) < 4.78 is 49.1. The van der Waals surface area contributed by atoms with Gasteiger partial charge in [-0.1, -0.05) is 93.3 Å². The maximum absolute atomic E-state index is 14.9. The van der Waals surface area contributed by atoms with Gasteiger partial charge in [-0.3, -0.25) is 0 Å². The Morgan fingerprint density at radius 1 is 0.821 bits per heavy atom. The van der Waals surface area contributed by atoms with E-state index in [1.165, 1.54) is 69.1 Å². The molecule has 0 saturated heterocycles. The van der Waals surface area contributed by atoms with Crippen molar-refractivity contribution in [2.24, 2.45) is 11.8 Å². The molecule has 0 spiro atoms. The molecule has 0 aromatic heterocycles. The Labute approximate surface area is 234 Å². The van der Waals surface area contributed by atoms with E-state index in [1.54, 1.807) is 0 Å². The van der Waals surface area contributed by atoms with E-state index in [9.17, 15) is 13.2 Å². The van der Waals surface area contributed by atoms with Gasteiger partial charge >= 0.3 is 6.11 Å². The van der Waals surface area contributed by atoms with Crippen LogP contribution in [0, 0.1) is 11.8 Å². The molecule has 2 fully saturated rings. The number of unbranched alkanes of at least 4 members (excludes halogenated alkanes) is 2. The maximum Gasteiger partial charge on any atom is 0.391 e. The van der Waals surface area contributed by atoms with Crippen molar-refractivity contribution in [1.82, 2.24) is 0 Å². The van der Waals surface area contributed by atoms with Crippen LogP contribution in [0.4, 0.5) is 13.2 Å². The van der Waals surface area contributed by atoms with Gasteiger partial charge in [0, 0.05) is 0 Å². The van der Waals surface area contributed by atoms with Gasteiger partial charge in [-0.05, 0) is 104 Å². The van der Waals surface area contributed by atoms with Crippen LogP contribution in [0.2, 0.25) is 0 Å². The fourth-order valence-electron chi connectivity index (χ4n) is 6.65. The summed E-state index contributed by atoms with van der Waals surface area (Å²) in [6.07, 6.45) is 12.6. The second kappa shape index (κ2) is 14.5. The second-order valence-corrected chi connectivity index (χ2v) is 12.0. The second-order valence-electron chi connectivity index (χ2n) is 12.0. The molecule has 0 aliphatic heterocycles. The van der Waals surface area contributed by atoms with Crippen molar-refractivity contribution in [3.63, 3.8) is 0 Å². The lowest BCUT2D eigenvalue weighted by Crippen LogP contribution is -2.27. The minimum absolute atomic E-state index is 0.0270. The highest BCUT2D eigenvalue weighted by Crippen LogP contribution is 2.41. The average Bonchev–Trinajstić information content (AvgIpc) is 2.97. The van der Waals surface area contributed by atoms with Gasteiger partial charge < -0.3 is 4.74 Å². The van der Waals surface area contributed by atoms with Gasteiger partial charge in [-0.15, -0.1) is 0 Å². The summed E-state index contributed by atoms with van der Waals surface area (Å²) in [5.74, 6) is 2.45. The van der Waals surface area contributed by atoms with E-state index < -0.39 is 12.3 Å². The Kier molecular flexibility index (Phi) is 11.1. The molecule has 1 unspecified atom stereocenters. The quantitative estimate of drug-likeness (QED) is 0.192. The van der Waals surface area contributed by atoms with Crippen molar-refractivity contribution in [2.45, 2.75) is 122 Å². The number of rotatable bonds is 12. The van der Waals surface area contributed by atoms with Crippen LogP contribution in [0.3, 0.4) is 0 Å². The Bertz CT molecular complexity index is 997. The molecule has 2 aromatic carbocycles. The van der Waals surface area contributed by atoms with E-state index >= 15 is 0 Å². The number of alkyl halides is 3. The van der Waals surface area contributed by atoms with Crippen LogP contribution < -0.4 is 0 Å². The summed E-state index contributed by atoms with van der Waals surface area (Å²) in [6, 6.07) is 14.4. The summed E-state index contributed by atoms with van der Waals surface area (Å²) in [6.45, 7) is 3.99. The molecule has 0 bridgehead atoms. The molecule has 1 nitrogen and oxygen atoms in total. The zero-order chi connectivity index (χ0) is 27.7. The lowest BCUT2D eigenvalue weighted by atomic mass is 9.77. The molecule has 2 aliphatic rings. The molecule has 214 valence electrons. The van der Waals surface area contributed by atoms with E-state index in [0.717, 1.165) is 37.2 Å². The van der Waals surface area contributed by atoms with Crippen molar-refractivity contribution in [3.8, 4) is 0 Å². The minimum Gasteiger partial charge on any atom is -0.313 e. The molecule has 0 N–H and O–H groups in total. The normalized spacial score (nSPS) is 25.2. The number of halogens is 3. The SMILES string of the molecule is CC=CC1CCC(c2ccc(COC(F)(F)C(F)c3ccc(C4CCC(CCCCC)CC4)cc3)cc2)CC1. The first-order valence-corrected chi connectivity index (χ1v) is 15.4. The largest absolute Gasteiger partial charge is 0.391 e. The lowest BCUT2D eigenvalue weighted by molar-refractivity contribution is -0.282. The van der Waals surface area contributed by atoms with Crippen LogP contribution in [0.25, 0.3) is 0 Å². The predicted octanol–water partition coefficient (Wildman–Crippen LogP) is 11.2. The average molecular weight is 541 g/mol. The highest BCUT2D eigenvalue weighted by Gasteiger charge is 2.43. The molecule has 4 heteroatoms. The summed E-state index contributed by atoms with van der Waals surface area (Å²) >= 11 is 0. The number of hydrogen-bond acceptors (Lipinski definition) is 1. The summed E-state index contributed by atoms with van der Waals surface area (Å²) in [7, 11) is 0. The molecule has 2 aromatic rings. The fraction of sp³-hybridized carbons (Fsp3) is 0.600. The van der Waals surface area contributed by atoms with Crippen LogP contribution in [0.5, 0.6) is 0 Å². The lowest BCUT2D eigenvalue weighted by Gasteiger charge is -2.29. The first-order chi connectivity index (χ1) is 18.9. The molecule has 0 amide bonds. The van der Waals surface area contributed by atoms with E-state index in [0.29, 0.717) is 23.3 Å². The minimum atomic E-state index is -3.89. The van der Waals surface area contributed by atoms with Gasteiger partial charge in [0.25, 0.3) is 0 Å². The van der Waals surface area contributed by atoms with Crippen molar-refractivity contribution in [2.75, 3.05) is 0 Å². The molecule has 2 saturated carbocycles. The first-order valence-electron chi connectivity index (χ1n) is 15.4. The zero-order valence-electron chi connectivity index (χ0n) is 23.9. The topological polar surface area (TPSA) is 9.23 Å². The van der Waals surface area contributed by atoms with Crippen molar-refractivity contribution >= 4 is 0 Å². The van der Waals surface area contributed by atoms with Gasteiger partial charge in [0.15, 0.2) is 0 Å². The third-order valence-electron chi connectivity index (χ3n) is 9.18. The van der Waals surface area contributed by atoms with Gasteiger partial charge in [-0.25, -0.2) is 4.39 Å². The third-order valence-corrected chi connectivity index (χ3v) is 9.18. The molecule has 1 atom stereocenters. The van der Waals surface area contributed by atoms with Crippen LogP contribution in [0.1, 0.15) is 131 Å². The predicted molar refractivity (Wildman–Crippen MR) is 155 cm³/mol. The molecule has 2 aliphatic carbocycles. The van der Waals surface area contributed by atoms with Gasteiger partial charge in [-0.2, -0.15) is 8.78 Å². The van der Waals surface area contributed by atoms with E-state index in [1.807, 2.05) is 36.4 Å². The van der Waals surface area contributed by atoms with E-state index in [2.05, 4.69) is 26.0 Å². The van der Waals surface area contributed by atoms with Crippen LogP contribution in [0.15, 0.2) is 60.7 Å². The Morgan fingerprint density at radius 2 is 1.38 bits per heavy atom. The van der Waals surface area contributed by atoms with Gasteiger partial charge in [0.05, 0.1) is 6.61 Å². The summed E-state index contributed by atoms with van der Waals surface area (Å²) in [5.41, 5.74) is 2.99. The van der Waals surface area contributed by atoms with Gasteiger partial charge in [0.1, 0.15) is 0 Å². The van der Waals surface area contributed by atoms with Crippen LogP contribution in [-0.4, -0.2) is 6.11 Å². The zero-order valence-corrected chi connectivity index (χ0v) is 23.9. The highest BCUT2D eigenvalue weighted by atomic mass is 19.3. The Balaban J connectivity index is 1.25. The molecular formula is C35H47F3O. The van der Waals surface area contributed by atoms with Crippen molar-refractivity contribution in [1.29, 1.82) is 0 Å². The fourth-order valence-corrected chi connectivity index (χ4v) is 6.65. The summed E-state index contributed by atoms with van der Waals surface area (Å²) in [4.78, 5) is 0. The molecule has 4 rings (SSSR count). The van der Waals surface area contributed by atoms with Crippen LogP contribution in [-0.2, 0) is 11.3 Å². The number of allylic oxidation sites excluding steroid dienone is 2. The van der Waals surface area contributed by atoms with Crippen molar-refractivity contribution < 1.29 is 17.9 Å². The Hall–Kier alpha value is -2.07. The number of benzene rings is 2. The third kappa shape index (κ3) is 8.46. The summed E-state index contributed by atoms with van der Waals surface area (Å²) in [5, 5.41) is 0. The van der Waals surface area contributed by atoms with Crippen molar-refractivity contribution in [3.05, 3.63) is 82.9 Å². The maximum atomic E-state index is 14.9. The van der Waals surface area contributed by atoms with E-state index in [4.69, 9.17) is 4.74 Å². The smallest absolute Gasteiger partial charge is 0.313 e. The Morgan fingerprint density at radius 3 is 1.95 bits per heavy atom. The standard InChI is InChI=1S/C35H47F3O/c1-3-5-6-8-27-11-17-30(18-12-27)32-21-23-33(24-22-32)34(36)35(37,38)39-25-28-13-19-31(20-14-28)29-15-9-26(7-4-2)10-16-29/h4,7,13-14,19-24,26-27,29-30,34H,3,5-6,8-12,15-18,25H2,1-2H3. The molecule has 0 heterocycles. The molecule has 0 radical (unpaired) electrons. The first kappa shape index (κ1) is 29.9. The monoisotopic (exact) mass is 540 g/mol. The van der Waals surface area contributed by atoms with Gasteiger partial charge in [0.2, 0.25) is 6.17 Å². The van der Waals surface area contributed by atoms with Crippen LogP contribution >= 0.6 is 0 Å². The highest BCUT2D eigenvalue weighted by molar-refractivity contribution is 5.28. The van der Waals surface area contributed by atoms with E-state index in [-0.39, 0.29) is 12.2 Å².